The number of ether oxygens (including phenoxy) is 1. The van der Waals surface area contributed by atoms with E-state index in [1.54, 1.807) is 6.20 Å². The van der Waals surface area contributed by atoms with Gasteiger partial charge in [-0.1, -0.05) is 60.7 Å². The number of nitrogens with one attached hydrogen (secondary N) is 1. The van der Waals surface area contributed by atoms with Gasteiger partial charge in [0, 0.05) is 28.4 Å². The minimum atomic E-state index is -0.0901. The monoisotopic (exact) mass is 378 g/mol. The molecule has 0 saturated heterocycles. The summed E-state index contributed by atoms with van der Waals surface area (Å²) in [5, 5.41) is 3.87. The van der Waals surface area contributed by atoms with E-state index < -0.39 is 0 Å². The van der Waals surface area contributed by atoms with Crippen molar-refractivity contribution >= 4 is 34.1 Å². The minimum Gasteiger partial charge on any atom is -0.487 e. The van der Waals surface area contributed by atoms with E-state index in [1.165, 1.54) is 0 Å². The molecule has 3 aromatic carbocycles. The van der Waals surface area contributed by atoms with Crippen LogP contribution >= 0.6 is 0 Å². The molecule has 1 aliphatic heterocycles. The number of nitrogens with zero attached hydrogens (tertiary/aromatic N) is 1. The second-order valence-corrected chi connectivity index (χ2v) is 6.88. The van der Waals surface area contributed by atoms with E-state index in [2.05, 4.69) is 10.3 Å². The number of pyridine rings is 1. The fourth-order valence-electron chi connectivity index (χ4n) is 3.58. The first kappa shape index (κ1) is 17.2. The second kappa shape index (κ2) is 7.24. The van der Waals surface area contributed by atoms with Gasteiger partial charge in [0.15, 0.2) is 0 Å². The molecule has 0 unspecified atom stereocenters. The predicted molar refractivity (Wildman–Crippen MR) is 115 cm³/mol. The Hall–Kier alpha value is -3.92. The Morgan fingerprint density at radius 3 is 2.62 bits per heavy atom. The van der Waals surface area contributed by atoms with Crippen molar-refractivity contribution in [3.05, 3.63) is 102 Å². The highest BCUT2D eigenvalue weighted by molar-refractivity contribution is 6.35. The zero-order valence-electron chi connectivity index (χ0n) is 15.6. The number of rotatable bonds is 4. The number of anilines is 1. The predicted octanol–water partition coefficient (Wildman–Crippen LogP) is 5.31. The van der Waals surface area contributed by atoms with Gasteiger partial charge in [-0.05, 0) is 35.4 Å². The zero-order chi connectivity index (χ0) is 19.6. The van der Waals surface area contributed by atoms with Crippen molar-refractivity contribution in [2.45, 2.75) is 6.61 Å². The highest BCUT2D eigenvalue weighted by atomic mass is 16.5. The molecular weight excluding hydrogens is 360 g/mol. The van der Waals surface area contributed by atoms with Crippen LogP contribution in [0.5, 0.6) is 5.75 Å². The lowest BCUT2D eigenvalue weighted by Crippen LogP contribution is -2.03. The summed E-state index contributed by atoms with van der Waals surface area (Å²) in [5.41, 5.74) is 5.23. The van der Waals surface area contributed by atoms with Gasteiger partial charge in [0.2, 0.25) is 0 Å². The molecule has 5 rings (SSSR count). The van der Waals surface area contributed by atoms with Gasteiger partial charge in [-0.2, -0.15) is 0 Å². The molecule has 1 aromatic heterocycles. The van der Waals surface area contributed by atoms with Crippen LogP contribution in [0.4, 0.5) is 5.69 Å². The molecule has 0 atom stereocenters. The van der Waals surface area contributed by atoms with Crippen LogP contribution in [0.3, 0.4) is 0 Å². The average Bonchev–Trinajstić information content (AvgIpc) is 3.09. The molecule has 0 saturated carbocycles. The van der Waals surface area contributed by atoms with Crippen molar-refractivity contribution in [2.24, 2.45) is 0 Å². The summed E-state index contributed by atoms with van der Waals surface area (Å²) in [7, 11) is 0. The molecule has 0 aliphatic carbocycles. The van der Waals surface area contributed by atoms with Crippen LogP contribution in [0.1, 0.15) is 16.7 Å². The lowest BCUT2D eigenvalue weighted by atomic mass is 10.0. The summed E-state index contributed by atoms with van der Waals surface area (Å²) < 4.78 is 6.05. The maximum absolute atomic E-state index is 12.5. The van der Waals surface area contributed by atoms with Crippen LogP contribution in [0.2, 0.25) is 0 Å². The minimum absolute atomic E-state index is 0.0901. The quantitative estimate of drug-likeness (QED) is 0.490. The first-order valence-corrected chi connectivity index (χ1v) is 9.46. The molecule has 4 aromatic rings. The van der Waals surface area contributed by atoms with E-state index in [9.17, 15) is 4.79 Å². The number of benzene rings is 3. The normalized spacial score (nSPS) is 14.1. The third kappa shape index (κ3) is 3.25. The van der Waals surface area contributed by atoms with Crippen LogP contribution in [-0.4, -0.2) is 10.9 Å². The molecule has 29 heavy (non-hydrogen) atoms. The number of hydrogen-bond acceptors (Lipinski definition) is 3. The highest BCUT2D eigenvalue weighted by Crippen LogP contribution is 2.35. The van der Waals surface area contributed by atoms with Gasteiger partial charge in [0.25, 0.3) is 5.91 Å². The number of carbonyl (C=O) groups excluding carboxylic acids is 1. The fourth-order valence-corrected chi connectivity index (χ4v) is 3.58. The standard InChI is InChI=1S/C25H18N2O2/c28-25-21(20-9-4-5-11-22(20)27-25)15-18-12-13-23(24-19(18)10-6-14-26-24)29-16-17-7-2-1-3-8-17/h1-15H,16H2,(H,27,28). The molecule has 2 heterocycles. The van der Waals surface area contributed by atoms with Gasteiger partial charge in [-0.3, -0.25) is 9.78 Å². The average molecular weight is 378 g/mol. The molecule has 0 bridgehead atoms. The Labute approximate surface area is 168 Å². The van der Waals surface area contributed by atoms with E-state index in [0.717, 1.165) is 39.0 Å². The molecule has 1 aliphatic rings. The largest absolute Gasteiger partial charge is 0.487 e. The molecule has 0 fully saturated rings. The van der Waals surface area contributed by atoms with Crippen LogP contribution in [-0.2, 0) is 11.4 Å². The lowest BCUT2D eigenvalue weighted by molar-refractivity contribution is -0.110. The molecule has 0 radical (unpaired) electrons. The van der Waals surface area contributed by atoms with E-state index in [4.69, 9.17) is 4.74 Å². The third-order valence-corrected chi connectivity index (χ3v) is 5.01. The van der Waals surface area contributed by atoms with Gasteiger partial charge in [0.1, 0.15) is 17.9 Å². The van der Waals surface area contributed by atoms with Crippen LogP contribution in [0.25, 0.3) is 22.6 Å². The van der Waals surface area contributed by atoms with Crippen molar-refractivity contribution in [1.82, 2.24) is 4.98 Å². The summed E-state index contributed by atoms with van der Waals surface area (Å²) in [6.07, 6.45) is 3.68. The van der Waals surface area contributed by atoms with Crippen molar-refractivity contribution in [2.75, 3.05) is 5.32 Å². The molecule has 0 spiro atoms. The number of hydrogen-bond donors (Lipinski definition) is 1. The number of aromatic nitrogens is 1. The zero-order valence-corrected chi connectivity index (χ0v) is 15.6. The SMILES string of the molecule is O=C1Nc2ccccc2C1=Cc1ccc(OCc2ccccc2)c2ncccc12. The molecule has 1 amide bonds. The summed E-state index contributed by atoms with van der Waals surface area (Å²) in [4.78, 5) is 17.0. The molecule has 4 nitrogen and oxygen atoms in total. The lowest BCUT2D eigenvalue weighted by Gasteiger charge is -2.11. The van der Waals surface area contributed by atoms with Gasteiger partial charge < -0.3 is 10.1 Å². The van der Waals surface area contributed by atoms with Gasteiger partial charge in [-0.25, -0.2) is 0 Å². The molecular formula is C25H18N2O2. The smallest absolute Gasteiger partial charge is 0.256 e. The Morgan fingerprint density at radius 2 is 1.72 bits per heavy atom. The fraction of sp³-hybridized carbons (Fsp3) is 0.0400. The Kier molecular flexibility index (Phi) is 4.30. The summed E-state index contributed by atoms with van der Waals surface area (Å²) in [6.45, 7) is 0.475. The topological polar surface area (TPSA) is 51.2 Å². The van der Waals surface area contributed by atoms with Gasteiger partial charge in [0.05, 0.1) is 0 Å². The van der Waals surface area contributed by atoms with Gasteiger partial charge >= 0.3 is 0 Å². The number of amides is 1. The van der Waals surface area contributed by atoms with Crippen molar-refractivity contribution < 1.29 is 9.53 Å². The first-order valence-electron chi connectivity index (χ1n) is 9.46. The van der Waals surface area contributed by atoms with Crippen LogP contribution < -0.4 is 10.1 Å². The first-order chi connectivity index (χ1) is 14.3. The second-order valence-electron chi connectivity index (χ2n) is 6.88. The summed E-state index contributed by atoms with van der Waals surface area (Å²) in [6, 6.07) is 25.6. The van der Waals surface area contributed by atoms with E-state index in [0.29, 0.717) is 12.2 Å². The van der Waals surface area contributed by atoms with Crippen molar-refractivity contribution in [3.63, 3.8) is 0 Å². The summed E-state index contributed by atoms with van der Waals surface area (Å²) in [5.74, 6) is 0.635. The van der Waals surface area contributed by atoms with E-state index in [-0.39, 0.29) is 5.91 Å². The third-order valence-electron chi connectivity index (χ3n) is 5.01. The maximum atomic E-state index is 12.5. The number of fused-ring (bicyclic) bond motifs is 2. The van der Waals surface area contributed by atoms with Crippen LogP contribution in [0.15, 0.2) is 85.1 Å². The Bertz CT molecular complexity index is 1250. The molecule has 4 heteroatoms. The molecule has 140 valence electrons. The van der Waals surface area contributed by atoms with E-state index in [1.807, 2.05) is 84.9 Å². The van der Waals surface area contributed by atoms with Gasteiger partial charge in [-0.15, -0.1) is 0 Å². The Morgan fingerprint density at radius 1 is 0.897 bits per heavy atom. The van der Waals surface area contributed by atoms with Crippen molar-refractivity contribution in [3.8, 4) is 5.75 Å². The molecule has 1 N–H and O–H groups in total. The number of carbonyl (C=O) groups is 1. The number of para-hydroxylation sites is 1. The van der Waals surface area contributed by atoms with Crippen molar-refractivity contribution in [1.29, 1.82) is 0 Å². The summed E-state index contributed by atoms with van der Waals surface area (Å²) >= 11 is 0. The van der Waals surface area contributed by atoms with E-state index >= 15 is 0 Å². The maximum Gasteiger partial charge on any atom is 0.256 e. The Balaban J connectivity index is 1.54. The highest BCUT2D eigenvalue weighted by Gasteiger charge is 2.23. The van der Waals surface area contributed by atoms with Crippen LogP contribution in [0, 0.1) is 0 Å².